The average molecular weight is 415 g/mol. The van der Waals surface area contributed by atoms with Crippen LogP contribution in [0.3, 0.4) is 0 Å². The summed E-state index contributed by atoms with van der Waals surface area (Å²) in [5, 5.41) is 8.50. The molecular weight excluding hydrogens is 393 g/mol. The van der Waals surface area contributed by atoms with E-state index in [0.29, 0.717) is 17.2 Å². The maximum Gasteiger partial charge on any atom is 0.163 e. The Bertz CT molecular complexity index is 1270. The molecule has 0 aliphatic carbocycles. The molecule has 0 amide bonds. The van der Waals surface area contributed by atoms with Crippen LogP contribution in [0.1, 0.15) is 28.5 Å². The van der Waals surface area contributed by atoms with Crippen molar-refractivity contribution in [2.45, 2.75) is 6.92 Å². The third kappa shape index (κ3) is 4.16. The first-order valence-electron chi connectivity index (χ1n) is 9.68. The predicted molar refractivity (Wildman–Crippen MR) is 119 cm³/mol. The lowest BCUT2D eigenvalue weighted by atomic mass is 10.1. The molecule has 0 bridgehead atoms. The van der Waals surface area contributed by atoms with E-state index in [1.165, 1.54) is 12.1 Å². The number of rotatable bonds is 6. The molecular formula is C24H22FN5O. The zero-order valence-corrected chi connectivity index (χ0v) is 17.6. The molecule has 4 rings (SSSR count). The summed E-state index contributed by atoms with van der Waals surface area (Å²) in [5.74, 6) is 1.74. The SMILES string of the molecule is C=C(c1ccc(F)cc1)c1nnc(/C=C/c2ccc(-n3cnc(C)c3)c(OC)c2)n1C. The number of halogens is 1. The Morgan fingerprint density at radius 1 is 1.10 bits per heavy atom. The summed E-state index contributed by atoms with van der Waals surface area (Å²) < 4.78 is 22.5. The van der Waals surface area contributed by atoms with Gasteiger partial charge in [0.25, 0.3) is 0 Å². The molecule has 0 atom stereocenters. The van der Waals surface area contributed by atoms with Crippen LogP contribution in [0.15, 0.2) is 61.6 Å². The fraction of sp³-hybridized carbons (Fsp3) is 0.125. The molecule has 2 aromatic heterocycles. The molecule has 0 aliphatic rings. The van der Waals surface area contributed by atoms with Gasteiger partial charge in [-0.15, -0.1) is 10.2 Å². The minimum atomic E-state index is -0.289. The third-order valence-corrected chi connectivity index (χ3v) is 4.99. The van der Waals surface area contributed by atoms with E-state index in [1.807, 2.05) is 59.7 Å². The van der Waals surface area contributed by atoms with Gasteiger partial charge in [0, 0.05) is 18.8 Å². The highest BCUT2D eigenvalue weighted by Gasteiger charge is 2.12. The van der Waals surface area contributed by atoms with Crippen LogP contribution in [0.2, 0.25) is 0 Å². The van der Waals surface area contributed by atoms with Crippen LogP contribution in [0, 0.1) is 12.7 Å². The second-order valence-corrected chi connectivity index (χ2v) is 7.11. The lowest BCUT2D eigenvalue weighted by molar-refractivity contribution is 0.413. The van der Waals surface area contributed by atoms with E-state index < -0.39 is 0 Å². The van der Waals surface area contributed by atoms with Crippen molar-refractivity contribution in [1.29, 1.82) is 0 Å². The van der Waals surface area contributed by atoms with Crippen LogP contribution in [-0.2, 0) is 7.05 Å². The highest BCUT2D eigenvalue weighted by Crippen LogP contribution is 2.26. The van der Waals surface area contributed by atoms with E-state index in [0.717, 1.165) is 28.3 Å². The number of nitrogens with zero attached hydrogens (tertiary/aromatic N) is 5. The quantitative estimate of drug-likeness (QED) is 0.458. The molecule has 2 heterocycles. The van der Waals surface area contributed by atoms with Gasteiger partial charge in [0.15, 0.2) is 11.6 Å². The maximum absolute atomic E-state index is 13.2. The second-order valence-electron chi connectivity index (χ2n) is 7.11. The van der Waals surface area contributed by atoms with E-state index in [-0.39, 0.29) is 5.82 Å². The van der Waals surface area contributed by atoms with Gasteiger partial charge in [-0.3, -0.25) is 0 Å². The van der Waals surface area contributed by atoms with Crippen molar-refractivity contribution < 1.29 is 9.13 Å². The van der Waals surface area contributed by atoms with Crippen molar-refractivity contribution >= 4 is 17.7 Å². The molecule has 0 aliphatic heterocycles. The first kappa shape index (κ1) is 20.3. The number of aryl methyl sites for hydroxylation is 1. The third-order valence-electron chi connectivity index (χ3n) is 4.99. The summed E-state index contributed by atoms with van der Waals surface area (Å²) in [5.41, 5.74) is 4.28. The van der Waals surface area contributed by atoms with Gasteiger partial charge < -0.3 is 13.9 Å². The molecule has 0 unspecified atom stereocenters. The first-order valence-corrected chi connectivity index (χ1v) is 9.68. The van der Waals surface area contributed by atoms with E-state index in [9.17, 15) is 4.39 Å². The summed E-state index contributed by atoms with van der Waals surface area (Å²) in [4.78, 5) is 4.27. The smallest absolute Gasteiger partial charge is 0.163 e. The van der Waals surface area contributed by atoms with Crippen molar-refractivity contribution in [1.82, 2.24) is 24.3 Å². The molecule has 0 fully saturated rings. The van der Waals surface area contributed by atoms with Crippen LogP contribution < -0.4 is 4.74 Å². The Morgan fingerprint density at radius 2 is 1.87 bits per heavy atom. The van der Waals surface area contributed by atoms with Crippen LogP contribution in [-0.4, -0.2) is 31.4 Å². The molecule has 0 N–H and O–H groups in total. The zero-order chi connectivity index (χ0) is 22.0. The van der Waals surface area contributed by atoms with Gasteiger partial charge in [-0.1, -0.05) is 30.9 Å². The lowest BCUT2D eigenvalue weighted by Crippen LogP contribution is -1.99. The largest absolute Gasteiger partial charge is 0.495 e. The van der Waals surface area contributed by atoms with E-state index in [2.05, 4.69) is 21.8 Å². The summed E-state index contributed by atoms with van der Waals surface area (Å²) in [6, 6.07) is 12.1. The Morgan fingerprint density at radius 3 is 2.55 bits per heavy atom. The molecule has 7 heteroatoms. The molecule has 0 radical (unpaired) electrons. The van der Waals surface area contributed by atoms with Gasteiger partial charge in [-0.05, 0) is 48.4 Å². The van der Waals surface area contributed by atoms with Gasteiger partial charge in [-0.2, -0.15) is 0 Å². The van der Waals surface area contributed by atoms with Crippen LogP contribution in [0.4, 0.5) is 4.39 Å². The summed E-state index contributed by atoms with van der Waals surface area (Å²) in [6.07, 6.45) is 7.53. The van der Waals surface area contributed by atoms with Crippen molar-refractivity contribution in [3.05, 3.63) is 95.9 Å². The molecule has 156 valence electrons. The minimum Gasteiger partial charge on any atom is -0.495 e. The fourth-order valence-corrected chi connectivity index (χ4v) is 3.26. The molecule has 4 aromatic rings. The molecule has 0 saturated heterocycles. The van der Waals surface area contributed by atoms with Crippen LogP contribution in [0.5, 0.6) is 5.75 Å². The summed E-state index contributed by atoms with van der Waals surface area (Å²) in [7, 11) is 3.51. The zero-order valence-electron chi connectivity index (χ0n) is 17.6. The van der Waals surface area contributed by atoms with Crippen LogP contribution in [0.25, 0.3) is 23.4 Å². The predicted octanol–water partition coefficient (Wildman–Crippen LogP) is 4.69. The topological polar surface area (TPSA) is 57.8 Å². The number of hydrogen-bond donors (Lipinski definition) is 0. The average Bonchev–Trinajstić information content (AvgIpc) is 3.37. The first-order chi connectivity index (χ1) is 15.0. The van der Waals surface area contributed by atoms with Crippen molar-refractivity contribution in [2.24, 2.45) is 7.05 Å². The van der Waals surface area contributed by atoms with E-state index in [4.69, 9.17) is 4.74 Å². The van der Waals surface area contributed by atoms with Crippen molar-refractivity contribution in [2.75, 3.05) is 7.11 Å². The number of ether oxygens (including phenoxy) is 1. The van der Waals surface area contributed by atoms with Gasteiger partial charge in [0.1, 0.15) is 11.6 Å². The Hall–Kier alpha value is -4.00. The number of aromatic nitrogens is 5. The molecule has 31 heavy (non-hydrogen) atoms. The van der Waals surface area contributed by atoms with Crippen molar-refractivity contribution in [3.63, 3.8) is 0 Å². The van der Waals surface area contributed by atoms with Gasteiger partial charge in [0.05, 0.1) is 24.8 Å². The molecule has 6 nitrogen and oxygen atoms in total. The standard InChI is InChI=1S/C24H22FN5O/c1-16-14-30(15-26-16)21-11-5-18(13-22(21)31-4)6-12-23-27-28-24(29(23)3)17(2)19-7-9-20(25)10-8-19/h5-15H,2H2,1,3-4H3/b12-6+. The molecule has 0 saturated carbocycles. The minimum absolute atomic E-state index is 0.289. The number of hydrogen-bond acceptors (Lipinski definition) is 4. The summed E-state index contributed by atoms with van der Waals surface area (Å²) >= 11 is 0. The normalized spacial score (nSPS) is 11.2. The maximum atomic E-state index is 13.2. The number of benzene rings is 2. The second kappa shape index (κ2) is 8.39. The monoisotopic (exact) mass is 415 g/mol. The van der Waals surface area contributed by atoms with Gasteiger partial charge in [-0.25, -0.2) is 9.37 Å². The summed E-state index contributed by atoms with van der Waals surface area (Å²) in [6.45, 7) is 6.03. The van der Waals surface area contributed by atoms with Gasteiger partial charge >= 0.3 is 0 Å². The molecule has 0 spiro atoms. The van der Waals surface area contributed by atoms with Crippen LogP contribution >= 0.6 is 0 Å². The van der Waals surface area contributed by atoms with Gasteiger partial charge in [0.2, 0.25) is 0 Å². The van der Waals surface area contributed by atoms with E-state index in [1.54, 1.807) is 25.6 Å². The Labute approximate surface area is 180 Å². The lowest BCUT2D eigenvalue weighted by Gasteiger charge is -2.10. The Kier molecular flexibility index (Phi) is 5.49. The highest BCUT2D eigenvalue weighted by atomic mass is 19.1. The number of methoxy groups -OCH3 is 1. The fourth-order valence-electron chi connectivity index (χ4n) is 3.26. The van der Waals surface area contributed by atoms with E-state index >= 15 is 0 Å². The molecule has 2 aromatic carbocycles. The highest BCUT2D eigenvalue weighted by molar-refractivity contribution is 5.75. The number of imidazole rings is 1. The van der Waals surface area contributed by atoms with Crippen molar-refractivity contribution in [3.8, 4) is 11.4 Å². The Balaban J connectivity index is 1.58.